The Hall–Kier alpha value is -4.05. The molecule has 5 aliphatic rings. The predicted octanol–water partition coefficient (Wildman–Crippen LogP) is 3.40. The summed E-state index contributed by atoms with van der Waals surface area (Å²) in [7, 11) is 2.89. The summed E-state index contributed by atoms with van der Waals surface area (Å²) in [6.07, 6.45) is 0.828. The van der Waals surface area contributed by atoms with Crippen molar-refractivity contribution in [2.45, 2.75) is 54.7 Å². The number of β-lactam (4-membered cyclic amide) rings is 1. The van der Waals surface area contributed by atoms with E-state index >= 15 is 0 Å². The van der Waals surface area contributed by atoms with E-state index in [2.05, 4.69) is 0 Å². The Labute approximate surface area is 248 Å². The van der Waals surface area contributed by atoms with Crippen LogP contribution < -0.4 is 9.64 Å². The molecule has 7 atom stereocenters. The van der Waals surface area contributed by atoms with Gasteiger partial charge < -0.3 is 24.2 Å². The number of benzene rings is 3. The molecule has 1 aliphatic carbocycles. The molecule has 3 aromatic rings. The topological polar surface area (TPSA) is 106 Å². The molecule has 4 fully saturated rings. The maximum atomic E-state index is 14.8. The summed E-state index contributed by atoms with van der Waals surface area (Å²) in [6, 6.07) is 22.6. The number of aliphatic hydroxyl groups is 1. The van der Waals surface area contributed by atoms with E-state index in [1.807, 2.05) is 35.2 Å². The zero-order valence-electron chi connectivity index (χ0n) is 23.9. The Bertz CT molecular complexity index is 1660. The minimum Gasteiger partial charge on any atom is -0.497 e. The summed E-state index contributed by atoms with van der Waals surface area (Å²) in [5, 5.41) is 12.8. The van der Waals surface area contributed by atoms with Crippen LogP contribution in [-0.4, -0.2) is 72.2 Å². The summed E-state index contributed by atoms with van der Waals surface area (Å²) in [5.74, 6) is -3.25. The van der Waals surface area contributed by atoms with Crippen LogP contribution in [-0.2, 0) is 24.8 Å². The number of rotatable bonds is 5. The highest BCUT2D eigenvalue weighted by atomic mass is 16.7. The van der Waals surface area contributed by atoms with Gasteiger partial charge in [0.15, 0.2) is 11.3 Å². The number of anilines is 1. The lowest BCUT2D eigenvalue weighted by Crippen LogP contribution is -2.71. The van der Waals surface area contributed by atoms with Gasteiger partial charge in [-0.1, -0.05) is 54.6 Å². The second-order valence-corrected chi connectivity index (χ2v) is 12.2. The van der Waals surface area contributed by atoms with Crippen molar-refractivity contribution in [2.75, 3.05) is 25.7 Å². The van der Waals surface area contributed by atoms with Crippen LogP contribution in [0.1, 0.15) is 46.7 Å². The second kappa shape index (κ2) is 8.98. The summed E-state index contributed by atoms with van der Waals surface area (Å²) < 4.78 is 17.7. The third-order valence-corrected chi connectivity index (χ3v) is 10.7. The Kier molecular flexibility index (Phi) is 5.55. The average Bonchev–Trinajstić information content (AvgIpc) is 3.71. The van der Waals surface area contributed by atoms with Gasteiger partial charge in [0.05, 0.1) is 26.2 Å². The molecule has 1 N–H and O–H groups in total. The maximum Gasteiger partial charge on any atom is 0.317 e. The van der Waals surface area contributed by atoms with Crippen LogP contribution in [0.3, 0.4) is 0 Å². The number of carbonyl (C=O) groups excluding carboxylic acids is 3. The predicted molar refractivity (Wildman–Crippen MR) is 155 cm³/mol. The zero-order chi connectivity index (χ0) is 29.7. The molecule has 9 nitrogen and oxygen atoms in total. The molecule has 8 rings (SSSR count). The van der Waals surface area contributed by atoms with Crippen molar-refractivity contribution < 1.29 is 33.7 Å². The molecule has 1 amide bonds. The van der Waals surface area contributed by atoms with Crippen molar-refractivity contribution in [1.29, 1.82) is 0 Å². The molecule has 4 saturated heterocycles. The number of amides is 1. The number of methoxy groups -OCH3 is 2. The maximum absolute atomic E-state index is 14.8. The number of esters is 1. The SMILES string of the molecule is COC(=O)[C@]12C[C@@H]3CCCN3[C@]13C(=O)c1ccccc1[C@]3(O)O[C@H]2[C@@H]1[C@@H](c2ccccc2)C(=O)N1c1ccc(OC)cc1. The number of ketones is 1. The monoisotopic (exact) mass is 580 g/mol. The minimum absolute atomic E-state index is 0.129. The van der Waals surface area contributed by atoms with Crippen molar-refractivity contribution in [2.24, 2.45) is 5.41 Å². The summed E-state index contributed by atoms with van der Waals surface area (Å²) >= 11 is 0. The van der Waals surface area contributed by atoms with Gasteiger partial charge in [0.25, 0.3) is 0 Å². The third kappa shape index (κ3) is 2.95. The van der Waals surface area contributed by atoms with Gasteiger partial charge in [0.1, 0.15) is 17.3 Å². The van der Waals surface area contributed by atoms with Crippen LogP contribution in [0, 0.1) is 5.41 Å². The lowest BCUT2D eigenvalue weighted by atomic mass is 9.59. The number of nitrogens with zero attached hydrogens (tertiary/aromatic N) is 2. The molecule has 0 radical (unpaired) electrons. The van der Waals surface area contributed by atoms with Crippen molar-refractivity contribution in [1.82, 2.24) is 4.90 Å². The highest BCUT2D eigenvalue weighted by Crippen LogP contribution is 2.72. The van der Waals surface area contributed by atoms with Crippen LogP contribution in [0.4, 0.5) is 5.69 Å². The normalized spacial score (nSPS) is 35.7. The molecular formula is C34H32N2O7. The molecule has 220 valence electrons. The van der Waals surface area contributed by atoms with E-state index < -0.39 is 40.8 Å². The van der Waals surface area contributed by atoms with Crippen LogP contribution in [0.2, 0.25) is 0 Å². The first-order chi connectivity index (χ1) is 20.8. The van der Waals surface area contributed by atoms with Gasteiger partial charge in [-0.25, -0.2) is 0 Å². The highest BCUT2D eigenvalue weighted by Gasteiger charge is 2.90. The van der Waals surface area contributed by atoms with Gasteiger partial charge in [-0.3, -0.25) is 19.3 Å². The quantitative estimate of drug-likeness (QED) is 0.362. The Morgan fingerprint density at radius 3 is 2.42 bits per heavy atom. The Balaban J connectivity index is 1.38. The van der Waals surface area contributed by atoms with Crippen LogP contribution in [0.5, 0.6) is 5.75 Å². The van der Waals surface area contributed by atoms with Gasteiger partial charge >= 0.3 is 5.97 Å². The number of hydrogen-bond donors (Lipinski definition) is 1. The van der Waals surface area contributed by atoms with E-state index in [0.717, 1.165) is 18.4 Å². The molecule has 9 heteroatoms. The number of carbonyl (C=O) groups is 3. The van der Waals surface area contributed by atoms with Crippen molar-refractivity contribution in [3.05, 3.63) is 95.6 Å². The lowest BCUT2D eigenvalue weighted by molar-refractivity contribution is -0.241. The fraction of sp³-hybridized carbons (Fsp3) is 0.382. The summed E-state index contributed by atoms with van der Waals surface area (Å²) in [4.78, 5) is 46.9. The Morgan fingerprint density at radius 1 is 0.977 bits per heavy atom. The first-order valence-electron chi connectivity index (χ1n) is 14.8. The molecule has 3 aromatic carbocycles. The molecule has 0 unspecified atom stereocenters. The number of ether oxygens (including phenoxy) is 3. The average molecular weight is 581 g/mol. The van der Waals surface area contributed by atoms with E-state index in [4.69, 9.17) is 14.2 Å². The lowest BCUT2D eigenvalue weighted by Gasteiger charge is -2.53. The van der Waals surface area contributed by atoms with Gasteiger partial charge in [-0.05, 0) is 55.6 Å². The van der Waals surface area contributed by atoms with E-state index in [1.165, 1.54) is 7.11 Å². The standard InChI is InChI=1S/C34H32N2O7/c1-41-23-16-14-21(15-17-23)36-27(26(30(36)38)20-9-4-3-5-10-20)29-32(31(39)42-2)19-22-11-8-18-35(22)33(32)28(37)24-12-6-7-13-25(24)34(33,40)43-29/h3-7,9-10,12-17,22,26-27,29,40H,8,11,18-19H2,1-2H3/t22-,26+,27-,29-,32+,33+,34-/m0/s1. The molecule has 1 spiro atoms. The smallest absolute Gasteiger partial charge is 0.317 e. The van der Waals surface area contributed by atoms with Crippen LogP contribution in [0.25, 0.3) is 0 Å². The van der Waals surface area contributed by atoms with Gasteiger partial charge in [-0.2, -0.15) is 0 Å². The van der Waals surface area contributed by atoms with Crippen molar-refractivity contribution in [3.8, 4) is 5.75 Å². The van der Waals surface area contributed by atoms with Crippen LogP contribution >= 0.6 is 0 Å². The fourth-order valence-electron chi connectivity index (χ4n) is 9.12. The molecule has 0 bridgehead atoms. The second-order valence-electron chi connectivity index (χ2n) is 12.2. The van der Waals surface area contributed by atoms with E-state index in [9.17, 15) is 19.5 Å². The number of Topliss-reactive ketones (excluding diaryl/α,β-unsaturated/α-hetero) is 1. The van der Waals surface area contributed by atoms with E-state index in [0.29, 0.717) is 29.1 Å². The molecule has 0 saturated carbocycles. The van der Waals surface area contributed by atoms with E-state index in [-0.39, 0.29) is 24.2 Å². The minimum atomic E-state index is -2.12. The molecule has 43 heavy (non-hydrogen) atoms. The number of hydrogen-bond acceptors (Lipinski definition) is 8. The highest BCUT2D eigenvalue weighted by molar-refractivity contribution is 6.14. The van der Waals surface area contributed by atoms with Crippen LogP contribution in [0.15, 0.2) is 78.9 Å². The molecule has 4 aliphatic heterocycles. The van der Waals surface area contributed by atoms with Gasteiger partial charge in [0, 0.05) is 22.9 Å². The van der Waals surface area contributed by atoms with Crippen molar-refractivity contribution in [3.63, 3.8) is 0 Å². The van der Waals surface area contributed by atoms with E-state index in [1.54, 1.807) is 60.5 Å². The third-order valence-electron chi connectivity index (χ3n) is 10.7. The van der Waals surface area contributed by atoms with Crippen molar-refractivity contribution >= 4 is 23.3 Å². The zero-order valence-corrected chi connectivity index (χ0v) is 23.9. The largest absolute Gasteiger partial charge is 0.497 e. The molecule has 4 heterocycles. The summed E-state index contributed by atoms with van der Waals surface area (Å²) in [6.45, 7) is 0.537. The Morgan fingerprint density at radius 2 is 1.70 bits per heavy atom. The van der Waals surface area contributed by atoms with Gasteiger partial charge in [0.2, 0.25) is 11.7 Å². The van der Waals surface area contributed by atoms with Gasteiger partial charge in [-0.15, -0.1) is 0 Å². The molecule has 0 aromatic heterocycles. The fourth-order valence-corrected chi connectivity index (χ4v) is 9.12. The first-order valence-corrected chi connectivity index (χ1v) is 14.8. The first kappa shape index (κ1) is 26.6. The summed E-state index contributed by atoms with van der Waals surface area (Å²) in [5.41, 5.74) is -1.24. The molecular weight excluding hydrogens is 548 g/mol. The number of fused-ring (bicyclic) bond motifs is 3.